The van der Waals surface area contributed by atoms with Crippen molar-refractivity contribution in [3.8, 4) is 0 Å². The molecule has 1 aromatic heterocycles. The molecule has 0 spiro atoms. The summed E-state index contributed by atoms with van der Waals surface area (Å²) in [5.41, 5.74) is 3.33. The number of hydrogen-bond donors (Lipinski definition) is 1. The van der Waals surface area contributed by atoms with Crippen LogP contribution in [0.3, 0.4) is 0 Å². The Morgan fingerprint density at radius 2 is 2.21 bits per heavy atom. The molecule has 1 aliphatic rings. The first-order valence-corrected chi connectivity index (χ1v) is 8.27. The van der Waals surface area contributed by atoms with Gasteiger partial charge >= 0.3 is 0 Å². The van der Waals surface area contributed by atoms with Gasteiger partial charge in [0.05, 0.1) is 18.8 Å². The van der Waals surface area contributed by atoms with Gasteiger partial charge in [-0.05, 0) is 37.3 Å². The molecule has 1 amide bonds. The molecule has 126 valence electrons. The number of carbonyl (C=O) groups excluding carboxylic acids is 1. The first-order chi connectivity index (χ1) is 11.6. The predicted molar refractivity (Wildman–Crippen MR) is 94.6 cm³/mol. The molecular formula is C18H20ClN3O2. The van der Waals surface area contributed by atoms with E-state index in [9.17, 15) is 4.79 Å². The van der Waals surface area contributed by atoms with E-state index in [-0.39, 0.29) is 12.0 Å². The molecule has 1 aliphatic heterocycles. The Kier molecular flexibility index (Phi) is 5.02. The van der Waals surface area contributed by atoms with E-state index in [0.29, 0.717) is 30.3 Å². The summed E-state index contributed by atoms with van der Waals surface area (Å²) >= 11 is 5.99. The van der Waals surface area contributed by atoms with Crippen LogP contribution in [0.5, 0.6) is 0 Å². The van der Waals surface area contributed by atoms with Gasteiger partial charge in [0, 0.05) is 35.6 Å². The number of nitrogens with zero attached hydrogens (tertiary/aromatic N) is 2. The number of anilines is 1. The third kappa shape index (κ3) is 3.68. The second kappa shape index (κ2) is 7.20. The van der Waals surface area contributed by atoms with Gasteiger partial charge < -0.3 is 15.0 Å². The highest BCUT2D eigenvalue weighted by atomic mass is 35.5. The molecule has 0 bridgehead atoms. The minimum absolute atomic E-state index is 0.0349. The summed E-state index contributed by atoms with van der Waals surface area (Å²) in [6.45, 7) is 3.47. The Hall–Kier alpha value is -2.11. The van der Waals surface area contributed by atoms with Crippen LogP contribution in [0.4, 0.5) is 5.69 Å². The van der Waals surface area contributed by atoms with Crippen LogP contribution >= 0.6 is 11.6 Å². The Morgan fingerprint density at radius 3 is 2.96 bits per heavy atom. The molecule has 5 nitrogen and oxygen atoms in total. The van der Waals surface area contributed by atoms with E-state index in [0.717, 1.165) is 17.1 Å². The number of rotatable bonds is 3. The van der Waals surface area contributed by atoms with Gasteiger partial charge in [0.25, 0.3) is 5.91 Å². The molecule has 0 radical (unpaired) electrons. The molecule has 3 rings (SSSR count). The van der Waals surface area contributed by atoms with E-state index < -0.39 is 0 Å². The summed E-state index contributed by atoms with van der Waals surface area (Å²) in [6.07, 6.45) is -0.228. The van der Waals surface area contributed by atoms with Crippen molar-refractivity contribution in [3.05, 3.63) is 58.4 Å². The van der Waals surface area contributed by atoms with Crippen molar-refractivity contribution in [1.82, 2.24) is 9.88 Å². The lowest BCUT2D eigenvalue weighted by Crippen LogP contribution is -2.42. The largest absolute Gasteiger partial charge is 0.388 e. The lowest BCUT2D eigenvalue weighted by molar-refractivity contribution is -0.0247. The molecule has 1 fully saturated rings. The SMILES string of the molecule is CNc1cc(C)nc([C@H]2CN(C(=O)c3cccc(Cl)c3)CCO2)c1. The van der Waals surface area contributed by atoms with Gasteiger partial charge in [-0.3, -0.25) is 9.78 Å². The average Bonchev–Trinajstić information content (AvgIpc) is 2.60. The second-order valence-electron chi connectivity index (χ2n) is 5.79. The maximum atomic E-state index is 12.7. The maximum Gasteiger partial charge on any atom is 0.254 e. The van der Waals surface area contributed by atoms with Crippen LogP contribution in [-0.4, -0.2) is 42.5 Å². The topological polar surface area (TPSA) is 54.5 Å². The summed E-state index contributed by atoms with van der Waals surface area (Å²) in [6, 6.07) is 11.0. The van der Waals surface area contributed by atoms with Gasteiger partial charge in [0.2, 0.25) is 0 Å². The predicted octanol–water partition coefficient (Wildman–Crippen LogP) is 3.30. The van der Waals surface area contributed by atoms with E-state index in [4.69, 9.17) is 16.3 Å². The minimum Gasteiger partial charge on any atom is -0.388 e. The highest BCUT2D eigenvalue weighted by Crippen LogP contribution is 2.25. The zero-order valence-electron chi connectivity index (χ0n) is 13.8. The molecule has 1 aromatic carbocycles. The summed E-state index contributed by atoms with van der Waals surface area (Å²) < 4.78 is 5.85. The number of aromatic nitrogens is 1. The zero-order chi connectivity index (χ0) is 17.1. The molecule has 0 unspecified atom stereocenters. The zero-order valence-corrected chi connectivity index (χ0v) is 14.5. The fraction of sp³-hybridized carbons (Fsp3) is 0.333. The number of halogens is 1. The number of aryl methyl sites for hydroxylation is 1. The van der Waals surface area contributed by atoms with E-state index >= 15 is 0 Å². The van der Waals surface area contributed by atoms with Gasteiger partial charge in [0.15, 0.2) is 0 Å². The van der Waals surface area contributed by atoms with Gasteiger partial charge in [-0.15, -0.1) is 0 Å². The van der Waals surface area contributed by atoms with Crippen LogP contribution in [-0.2, 0) is 4.74 Å². The molecule has 1 saturated heterocycles. The number of amides is 1. The minimum atomic E-state index is -0.228. The van der Waals surface area contributed by atoms with Crippen molar-refractivity contribution in [2.45, 2.75) is 13.0 Å². The highest BCUT2D eigenvalue weighted by molar-refractivity contribution is 6.30. The standard InChI is InChI=1S/C18H20ClN3O2/c1-12-8-15(20-2)10-16(21-12)17-11-22(6-7-24-17)18(23)13-4-3-5-14(19)9-13/h3-5,8-10,17H,6-7,11H2,1-2H3,(H,20,21)/t17-/m1/s1. The summed E-state index contributed by atoms with van der Waals surface area (Å²) in [5.74, 6) is -0.0349. The maximum absolute atomic E-state index is 12.7. The molecule has 0 aliphatic carbocycles. The molecule has 6 heteroatoms. The van der Waals surface area contributed by atoms with Crippen LogP contribution < -0.4 is 5.32 Å². The summed E-state index contributed by atoms with van der Waals surface area (Å²) in [7, 11) is 1.87. The highest BCUT2D eigenvalue weighted by Gasteiger charge is 2.27. The molecule has 24 heavy (non-hydrogen) atoms. The molecule has 2 heterocycles. The number of pyridine rings is 1. The van der Waals surface area contributed by atoms with Crippen LogP contribution in [0.2, 0.25) is 5.02 Å². The molecule has 1 N–H and O–H groups in total. The Balaban J connectivity index is 1.79. The van der Waals surface area contributed by atoms with Crippen LogP contribution in [0.25, 0.3) is 0 Å². The number of carbonyl (C=O) groups is 1. The fourth-order valence-corrected chi connectivity index (χ4v) is 3.01. The third-order valence-electron chi connectivity index (χ3n) is 4.02. The number of morpholine rings is 1. The lowest BCUT2D eigenvalue weighted by Gasteiger charge is -2.33. The molecule has 1 atom stereocenters. The van der Waals surface area contributed by atoms with E-state index in [1.54, 1.807) is 29.2 Å². The van der Waals surface area contributed by atoms with Gasteiger partial charge in [-0.1, -0.05) is 17.7 Å². The van der Waals surface area contributed by atoms with Gasteiger partial charge in [0.1, 0.15) is 6.10 Å². The summed E-state index contributed by atoms with van der Waals surface area (Å²) in [5, 5.41) is 3.68. The third-order valence-corrected chi connectivity index (χ3v) is 4.25. The number of hydrogen-bond acceptors (Lipinski definition) is 4. The number of benzene rings is 1. The Bertz CT molecular complexity index is 751. The average molecular weight is 346 g/mol. The van der Waals surface area contributed by atoms with Crippen LogP contribution in [0.1, 0.15) is 27.8 Å². The van der Waals surface area contributed by atoms with E-state index in [1.165, 1.54) is 0 Å². The monoisotopic (exact) mass is 345 g/mol. The van der Waals surface area contributed by atoms with Gasteiger partial charge in [-0.2, -0.15) is 0 Å². The van der Waals surface area contributed by atoms with Crippen molar-refractivity contribution < 1.29 is 9.53 Å². The Labute approximate surface area is 146 Å². The normalized spacial score (nSPS) is 17.6. The van der Waals surface area contributed by atoms with Crippen molar-refractivity contribution in [1.29, 1.82) is 0 Å². The van der Waals surface area contributed by atoms with E-state index in [1.807, 2.05) is 26.1 Å². The summed E-state index contributed by atoms with van der Waals surface area (Å²) in [4.78, 5) is 19.1. The molecule has 0 saturated carbocycles. The van der Waals surface area contributed by atoms with Gasteiger partial charge in [-0.25, -0.2) is 0 Å². The van der Waals surface area contributed by atoms with Crippen molar-refractivity contribution in [2.75, 3.05) is 32.1 Å². The molecular weight excluding hydrogens is 326 g/mol. The van der Waals surface area contributed by atoms with Crippen LogP contribution in [0, 0.1) is 6.92 Å². The molecule has 2 aromatic rings. The number of ether oxygens (including phenoxy) is 1. The second-order valence-corrected chi connectivity index (χ2v) is 6.23. The first kappa shape index (κ1) is 16.7. The van der Waals surface area contributed by atoms with E-state index in [2.05, 4.69) is 10.3 Å². The number of nitrogens with one attached hydrogen (secondary N) is 1. The lowest BCUT2D eigenvalue weighted by atomic mass is 10.1. The fourth-order valence-electron chi connectivity index (χ4n) is 2.82. The van der Waals surface area contributed by atoms with Crippen LogP contribution in [0.15, 0.2) is 36.4 Å². The van der Waals surface area contributed by atoms with Crippen molar-refractivity contribution in [2.24, 2.45) is 0 Å². The quantitative estimate of drug-likeness (QED) is 0.927. The smallest absolute Gasteiger partial charge is 0.254 e. The first-order valence-electron chi connectivity index (χ1n) is 7.89. The van der Waals surface area contributed by atoms with Crippen molar-refractivity contribution in [3.63, 3.8) is 0 Å². The Morgan fingerprint density at radius 1 is 1.38 bits per heavy atom. The van der Waals surface area contributed by atoms with Crippen molar-refractivity contribution >= 4 is 23.2 Å².